The number of ether oxygens (including phenoxy) is 1. The molecule has 0 unspecified atom stereocenters. The summed E-state index contributed by atoms with van der Waals surface area (Å²) in [6.45, 7) is 1.69. The Balaban J connectivity index is 1.70. The zero-order chi connectivity index (χ0) is 21.0. The van der Waals surface area contributed by atoms with E-state index in [1.54, 1.807) is 62.6 Å². The third kappa shape index (κ3) is 4.57. The minimum atomic E-state index is -0.672. The first-order chi connectivity index (χ1) is 13.9. The maximum absolute atomic E-state index is 12.7. The summed E-state index contributed by atoms with van der Waals surface area (Å²) in [5, 5.41) is 17.2. The van der Waals surface area contributed by atoms with Crippen molar-refractivity contribution in [1.82, 2.24) is 0 Å². The number of phenolic OH excluding ortho intramolecular Hbond substituents is 1. The van der Waals surface area contributed by atoms with Crippen LogP contribution in [0.2, 0.25) is 0 Å². The standard InChI is InChI=1S/C20H20N4O4S/c1-12(15-5-3-4-6-16(15)25)22-23-20(21)29-17-11-18(26)24(19(17)27)13-7-9-14(28-2)10-8-13/h3-10,17,25H,11H2,1-2H3,(H2,21,23)/b22-12+/t17-/m0/s1. The Labute approximate surface area is 172 Å². The van der Waals surface area contributed by atoms with E-state index in [-0.39, 0.29) is 29.2 Å². The molecule has 1 aliphatic heterocycles. The third-order valence-corrected chi connectivity index (χ3v) is 5.27. The molecule has 0 spiro atoms. The maximum atomic E-state index is 12.7. The molecule has 3 rings (SSSR count). The summed E-state index contributed by atoms with van der Waals surface area (Å²) < 4.78 is 5.09. The molecule has 1 atom stereocenters. The van der Waals surface area contributed by atoms with E-state index in [2.05, 4.69) is 10.2 Å². The molecule has 3 N–H and O–H groups in total. The predicted octanol–water partition coefficient (Wildman–Crippen LogP) is 2.50. The molecule has 150 valence electrons. The van der Waals surface area contributed by atoms with Gasteiger partial charge in [0.1, 0.15) is 16.7 Å². The van der Waals surface area contributed by atoms with Gasteiger partial charge < -0.3 is 15.6 Å². The largest absolute Gasteiger partial charge is 0.507 e. The average molecular weight is 412 g/mol. The summed E-state index contributed by atoms with van der Waals surface area (Å²) in [6.07, 6.45) is 0.0217. The zero-order valence-electron chi connectivity index (χ0n) is 15.9. The van der Waals surface area contributed by atoms with Crippen molar-refractivity contribution in [3.63, 3.8) is 0 Å². The normalized spacial score (nSPS) is 17.7. The van der Waals surface area contributed by atoms with Crippen LogP contribution < -0.4 is 15.4 Å². The van der Waals surface area contributed by atoms with Gasteiger partial charge >= 0.3 is 0 Å². The van der Waals surface area contributed by atoms with Crippen LogP contribution in [0.1, 0.15) is 18.9 Å². The Morgan fingerprint density at radius 3 is 2.52 bits per heavy atom. The lowest BCUT2D eigenvalue weighted by Gasteiger charge is -2.15. The van der Waals surface area contributed by atoms with E-state index < -0.39 is 5.25 Å². The molecule has 1 fully saturated rings. The first-order valence-corrected chi connectivity index (χ1v) is 9.62. The number of para-hydroxylation sites is 1. The molecule has 0 saturated carbocycles. The van der Waals surface area contributed by atoms with Crippen LogP contribution in [-0.4, -0.2) is 40.2 Å². The van der Waals surface area contributed by atoms with Gasteiger partial charge in [-0.2, -0.15) is 5.10 Å². The number of amidine groups is 1. The van der Waals surface area contributed by atoms with Crippen molar-refractivity contribution in [3.8, 4) is 11.5 Å². The number of hydrogen-bond acceptors (Lipinski definition) is 7. The van der Waals surface area contributed by atoms with Crippen LogP contribution in [-0.2, 0) is 9.59 Å². The van der Waals surface area contributed by atoms with Crippen LogP contribution in [0.15, 0.2) is 58.7 Å². The molecule has 0 aromatic heterocycles. The second-order valence-electron chi connectivity index (χ2n) is 6.22. The molecule has 2 aromatic carbocycles. The third-order valence-electron chi connectivity index (χ3n) is 4.29. The fraction of sp³-hybridized carbons (Fsp3) is 0.200. The van der Waals surface area contributed by atoms with E-state index in [1.165, 1.54) is 0 Å². The van der Waals surface area contributed by atoms with Gasteiger partial charge in [-0.3, -0.25) is 9.59 Å². The van der Waals surface area contributed by atoms with Gasteiger partial charge in [-0.15, -0.1) is 5.10 Å². The average Bonchev–Trinajstić information content (AvgIpc) is 2.99. The molecule has 2 amide bonds. The Hall–Kier alpha value is -3.33. The molecular weight excluding hydrogens is 392 g/mol. The lowest BCUT2D eigenvalue weighted by Crippen LogP contribution is -2.31. The van der Waals surface area contributed by atoms with E-state index in [1.807, 2.05) is 0 Å². The van der Waals surface area contributed by atoms with Gasteiger partial charge in [-0.25, -0.2) is 4.90 Å². The van der Waals surface area contributed by atoms with Crippen LogP contribution >= 0.6 is 11.8 Å². The summed E-state index contributed by atoms with van der Waals surface area (Å²) in [5.41, 5.74) is 7.38. The van der Waals surface area contributed by atoms with Crippen molar-refractivity contribution < 1.29 is 19.4 Å². The predicted molar refractivity (Wildman–Crippen MR) is 113 cm³/mol. The van der Waals surface area contributed by atoms with Crippen molar-refractivity contribution in [2.75, 3.05) is 12.0 Å². The molecular formula is C20H20N4O4S. The van der Waals surface area contributed by atoms with Gasteiger partial charge in [-0.1, -0.05) is 23.9 Å². The molecule has 2 aromatic rings. The highest BCUT2D eigenvalue weighted by Gasteiger charge is 2.40. The van der Waals surface area contributed by atoms with E-state index in [0.29, 0.717) is 22.7 Å². The number of amides is 2. The van der Waals surface area contributed by atoms with Crippen molar-refractivity contribution in [2.24, 2.45) is 15.9 Å². The summed E-state index contributed by atoms with van der Waals surface area (Å²) >= 11 is 0.988. The minimum Gasteiger partial charge on any atom is -0.507 e. The Morgan fingerprint density at radius 2 is 1.86 bits per heavy atom. The molecule has 1 aliphatic rings. The number of thioether (sulfide) groups is 1. The number of rotatable bonds is 5. The number of imide groups is 1. The second kappa shape index (κ2) is 8.78. The zero-order valence-corrected chi connectivity index (χ0v) is 16.7. The van der Waals surface area contributed by atoms with E-state index in [0.717, 1.165) is 16.7 Å². The first-order valence-electron chi connectivity index (χ1n) is 8.74. The Kier molecular flexibility index (Phi) is 6.18. The lowest BCUT2D eigenvalue weighted by atomic mass is 10.1. The topological polar surface area (TPSA) is 118 Å². The fourth-order valence-corrected chi connectivity index (χ4v) is 3.64. The number of benzene rings is 2. The molecule has 1 saturated heterocycles. The fourth-order valence-electron chi connectivity index (χ4n) is 2.83. The van der Waals surface area contributed by atoms with E-state index in [4.69, 9.17) is 10.5 Å². The molecule has 8 nitrogen and oxygen atoms in total. The molecule has 9 heteroatoms. The van der Waals surface area contributed by atoms with Crippen molar-refractivity contribution >= 4 is 40.1 Å². The number of anilines is 1. The number of carbonyl (C=O) groups is 2. The summed E-state index contributed by atoms with van der Waals surface area (Å²) in [7, 11) is 1.54. The quantitative estimate of drug-likeness (QED) is 0.337. The van der Waals surface area contributed by atoms with E-state index >= 15 is 0 Å². The Morgan fingerprint density at radius 1 is 1.17 bits per heavy atom. The number of hydrogen-bond donors (Lipinski definition) is 2. The maximum Gasteiger partial charge on any atom is 0.247 e. The lowest BCUT2D eigenvalue weighted by molar-refractivity contribution is -0.121. The number of methoxy groups -OCH3 is 1. The smallest absolute Gasteiger partial charge is 0.247 e. The van der Waals surface area contributed by atoms with Crippen LogP contribution in [0, 0.1) is 0 Å². The number of carbonyl (C=O) groups excluding carboxylic acids is 2. The van der Waals surface area contributed by atoms with Gasteiger partial charge in [0.05, 0.1) is 18.5 Å². The van der Waals surface area contributed by atoms with Crippen LogP contribution in [0.3, 0.4) is 0 Å². The van der Waals surface area contributed by atoms with Gasteiger partial charge in [-0.05, 0) is 43.3 Å². The highest BCUT2D eigenvalue weighted by molar-refractivity contribution is 8.14. The number of phenols is 1. The SMILES string of the molecule is COc1ccc(N2C(=O)C[C@H](SC(N)=N/N=C(\C)c3ccccc3O)C2=O)cc1. The van der Waals surface area contributed by atoms with Crippen LogP contribution in [0.25, 0.3) is 0 Å². The van der Waals surface area contributed by atoms with Crippen molar-refractivity contribution in [2.45, 2.75) is 18.6 Å². The van der Waals surface area contributed by atoms with Gasteiger partial charge in [0.15, 0.2) is 5.17 Å². The summed E-state index contributed by atoms with van der Waals surface area (Å²) in [5.74, 6) is 0.0544. The van der Waals surface area contributed by atoms with Gasteiger partial charge in [0.25, 0.3) is 0 Å². The summed E-state index contributed by atoms with van der Waals surface area (Å²) in [4.78, 5) is 26.2. The second-order valence-corrected chi connectivity index (χ2v) is 7.44. The van der Waals surface area contributed by atoms with Gasteiger partial charge in [0, 0.05) is 12.0 Å². The molecule has 1 heterocycles. The first kappa shape index (κ1) is 20.4. The summed E-state index contributed by atoms with van der Waals surface area (Å²) in [6, 6.07) is 13.4. The molecule has 0 aliphatic carbocycles. The number of nitrogens with two attached hydrogens (primary N) is 1. The monoisotopic (exact) mass is 412 g/mol. The molecule has 29 heavy (non-hydrogen) atoms. The van der Waals surface area contributed by atoms with E-state index in [9.17, 15) is 14.7 Å². The van der Waals surface area contributed by atoms with Gasteiger partial charge in [0.2, 0.25) is 11.8 Å². The van der Waals surface area contributed by atoms with Crippen LogP contribution in [0.4, 0.5) is 5.69 Å². The Bertz CT molecular complexity index is 988. The highest BCUT2D eigenvalue weighted by Crippen LogP contribution is 2.30. The number of nitrogens with zero attached hydrogens (tertiary/aromatic N) is 3. The molecule has 0 bridgehead atoms. The minimum absolute atomic E-state index is 0.0217. The van der Waals surface area contributed by atoms with Crippen molar-refractivity contribution in [3.05, 3.63) is 54.1 Å². The highest BCUT2D eigenvalue weighted by atomic mass is 32.2. The van der Waals surface area contributed by atoms with Crippen molar-refractivity contribution in [1.29, 1.82) is 0 Å². The number of aromatic hydroxyl groups is 1. The van der Waals surface area contributed by atoms with Crippen LogP contribution in [0.5, 0.6) is 11.5 Å². The molecule has 0 radical (unpaired) electrons.